The van der Waals surface area contributed by atoms with E-state index in [0.717, 1.165) is 10.2 Å². The first kappa shape index (κ1) is 23.1. The molecule has 1 saturated heterocycles. The molecule has 3 aromatic rings. The van der Waals surface area contributed by atoms with Gasteiger partial charge in [0.15, 0.2) is 11.2 Å². The molecule has 1 aliphatic heterocycles. The maximum absolute atomic E-state index is 13.1. The lowest BCUT2D eigenvalue weighted by molar-refractivity contribution is 0.0590. The highest BCUT2D eigenvalue weighted by Gasteiger charge is 2.30. The largest absolute Gasteiger partial charge is 0.464 e. The number of ether oxygens (including phenoxy) is 1. The lowest BCUT2D eigenvalue weighted by Gasteiger charge is -2.34. The lowest BCUT2D eigenvalue weighted by Crippen LogP contribution is -2.50. The lowest BCUT2D eigenvalue weighted by atomic mass is 10.2. The Balaban J connectivity index is 1.54. The van der Waals surface area contributed by atoms with Crippen LogP contribution in [-0.4, -0.2) is 71.8 Å². The Morgan fingerprint density at radius 2 is 1.85 bits per heavy atom. The summed E-state index contributed by atoms with van der Waals surface area (Å²) in [6.45, 7) is 6.67. The number of carbonyl (C=O) groups is 1. The molecule has 1 aromatic carbocycles. The molecule has 0 radical (unpaired) electrons. The van der Waals surface area contributed by atoms with Gasteiger partial charge in [-0.25, -0.2) is 17.9 Å². The highest BCUT2D eigenvalue weighted by Crippen LogP contribution is 2.23. The van der Waals surface area contributed by atoms with E-state index in [-0.39, 0.29) is 36.4 Å². The van der Waals surface area contributed by atoms with Crippen molar-refractivity contribution in [1.82, 2.24) is 24.1 Å². The number of sulfonamides is 1. The molecule has 0 saturated carbocycles. The van der Waals surface area contributed by atoms with Gasteiger partial charge in [-0.2, -0.15) is 9.40 Å². The van der Waals surface area contributed by atoms with E-state index >= 15 is 0 Å². The van der Waals surface area contributed by atoms with Crippen molar-refractivity contribution in [2.75, 3.05) is 33.3 Å². The number of methoxy groups -OCH3 is 1. The van der Waals surface area contributed by atoms with Gasteiger partial charge in [-0.3, -0.25) is 9.69 Å². The molecule has 33 heavy (non-hydrogen) atoms. The number of nitrogens with zero attached hydrogens (tertiary/aromatic N) is 5. The molecule has 0 unspecified atom stereocenters. The van der Waals surface area contributed by atoms with E-state index in [9.17, 15) is 18.0 Å². The molecule has 11 nitrogen and oxygen atoms in total. The van der Waals surface area contributed by atoms with Crippen molar-refractivity contribution in [2.24, 2.45) is 0 Å². The second-order valence-corrected chi connectivity index (χ2v) is 9.95. The Labute approximate surface area is 190 Å². The van der Waals surface area contributed by atoms with Crippen LogP contribution in [-0.2, 0) is 21.4 Å². The maximum atomic E-state index is 13.1. The summed E-state index contributed by atoms with van der Waals surface area (Å²) < 4.78 is 38.7. The highest BCUT2D eigenvalue weighted by atomic mass is 32.2. The number of hydrogen-bond donors (Lipinski definition) is 0. The fourth-order valence-corrected chi connectivity index (χ4v) is 5.63. The zero-order valence-corrected chi connectivity index (χ0v) is 19.7. The van der Waals surface area contributed by atoms with Gasteiger partial charge < -0.3 is 9.26 Å². The monoisotopic (exact) mass is 475 g/mol. The van der Waals surface area contributed by atoms with Gasteiger partial charge in [-0.05, 0) is 32.4 Å². The van der Waals surface area contributed by atoms with Gasteiger partial charge in [0, 0.05) is 26.2 Å². The van der Waals surface area contributed by atoms with E-state index in [1.54, 1.807) is 26.0 Å². The second kappa shape index (κ2) is 8.69. The molecule has 1 fully saturated rings. The van der Waals surface area contributed by atoms with E-state index < -0.39 is 21.6 Å². The van der Waals surface area contributed by atoms with Crippen LogP contribution >= 0.6 is 0 Å². The van der Waals surface area contributed by atoms with Gasteiger partial charge in [0.05, 0.1) is 24.1 Å². The Morgan fingerprint density at radius 3 is 2.48 bits per heavy atom. The van der Waals surface area contributed by atoms with Crippen LogP contribution in [0.15, 0.2) is 32.4 Å². The third kappa shape index (κ3) is 4.16. The van der Waals surface area contributed by atoms with Crippen molar-refractivity contribution in [3.05, 3.63) is 51.1 Å². The molecule has 12 heteroatoms. The molecular weight excluding hydrogens is 450 g/mol. The van der Waals surface area contributed by atoms with Gasteiger partial charge in [0.2, 0.25) is 10.0 Å². The van der Waals surface area contributed by atoms with Crippen LogP contribution in [0.5, 0.6) is 0 Å². The third-order valence-electron chi connectivity index (χ3n) is 5.75. The number of benzene rings is 1. The van der Waals surface area contributed by atoms with Crippen LogP contribution < -0.4 is 5.56 Å². The van der Waals surface area contributed by atoms with Gasteiger partial charge >= 0.3 is 5.97 Å². The Hall–Kier alpha value is -3.09. The van der Waals surface area contributed by atoms with Crippen LogP contribution in [0, 0.1) is 20.8 Å². The molecule has 1 aliphatic rings. The summed E-state index contributed by atoms with van der Waals surface area (Å²) in [4.78, 5) is 27.2. The SMILES string of the molecule is COC(=O)c1nn(CN2CCN(S(=O)(=O)c3ccc(C)cc3C)CC2)c(=O)c2noc(C)c12. The Morgan fingerprint density at radius 1 is 1.15 bits per heavy atom. The molecule has 0 atom stereocenters. The van der Waals surface area contributed by atoms with Crippen LogP contribution in [0.3, 0.4) is 0 Å². The predicted octanol–water partition coefficient (Wildman–Crippen LogP) is 1.06. The molecule has 2 aromatic heterocycles. The molecule has 176 valence electrons. The summed E-state index contributed by atoms with van der Waals surface area (Å²) >= 11 is 0. The van der Waals surface area contributed by atoms with E-state index in [0.29, 0.717) is 29.3 Å². The summed E-state index contributed by atoms with van der Waals surface area (Å²) in [6.07, 6.45) is 0. The van der Waals surface area contributed by atoms with E-state index in [1.165, 1.54) is 11.4 Å². The molecule has 0 amide bonds. The van der Waals surface area contributed by atoms with Crippen molar-refractivity contribution >= 4 is 26.9 Å². The van der Waals surface area contributed by atoms with Crippen molar-refractivity contribution in [2.45, 2.75) is 32.3 Å². The van der Waals surface area contributed by atoms with Crippen LogP contribution in [0.1, 0.15) is 27.4 Å². The van der Waals surface area contributed by atoms with Crippen molar-refractivity contribution in [3.63, 3.8) is 0 Å². The van der Waals surface area contributed by atoms with E-state index in [1.807, 2.05) is 17.9 Å². The molecular formula is C21H25N5O6S. The van der Waals surface area contributed by atoms with Gasteiger partial charge in [-0.15, -0.1) is 0 Å². The number of aromatic nitrogens is 3. The van der Waals surface area contributed by atoms with Crippen LogP contribution in [0.25, 0.3) is 10.9 Å². The average Bonchev–Trinajstić information content (AvgIpc) is 3.17. The van der Waals surface area contributed by atoms with Crippen molar-refractivity contribution < 1.29 is 22.5 Å². The summed E-state index contributed by atoms with van der Waals surface area (Å²) in [5, 5.41) is 8.20. The number of esters is 1. The number of fused-ring (bicyclic) bond motifs is 1. The zero-order chi connectivity index (χ0) is 23.9. The second-order valence-electron chi connectivity index (χ2n) is 8.04. The summed E-state index contributed by atoms with van der Waals surface area (Å²) in [6, 6.07) is 5.27. The zero-order valence-electron chi connectivity index (χ0n) is 18.9. The van der Waals surface area contributed by atoms with Gasteiger partial charge in [-0.1, -0.05) is 22.9 Å². The molecule has 0 bridgehead atoms. The Bertz CT molecular complexity index is 1390. The smallest absolute Gasteiger partial charge is 0.359 e. The highest BCUT2D eigenvalue weighted by molar-refractivity contribution is 7.89. The van der Waals surface area contributed by atoms with Crippen LogP contribution in [0.2, 0.25) is 0 Å². The third-order valence-corrected chi connectivity index (χ3v) is 7.81. The fraction of sp³-hybridized carbons (Fsp3) is 0.429. The van der Waals surface area contributed by atoms with Gasteiger partial charge in [0.25, 0.3) is 5.56 Å². The summed E-state index contributed by atoms with van der Waals surface area (Å²) in [7, 11) is -2.40. The minimum Gasteiger partial charge on any atom is -0.464 e. The number of rotatable bonds is 5. The number of aryl methyl sites for hydroxylation is 3. The van der Waals surface area contributed by atoms with Crippen LogP contribution in [0.4, 0.5) is 0 Å². The van der Waals surface area contributed by atoms with Crippen molar-refractivity contribution in [1.29, 1.82) is 0 Å². The predicted molar refractivity (Wildman–Crippen MR) is 118 cm³/mol. The quantitative estimate of drug-likeness (QED) is 0.498. The Kier molecular flexibility index (Phi) is 6.08. The summed E-state index contributed by atoms with van der Waals surface area (Å²) in [5.74, 6) is -0.406. The van der Waals surface area contributed by atoms with E-state index in [4.69, 9.17) is 9.26 Å². The molecule has 0 spiro atoms. The number of carbonyl (C=O) groups excluding carboxylic acids is 1. The summed E-state index contributed by atoms with van der Waals surface area (Å²) in [5.41, 5.74) is 1.15. The van der Waals surface area contributed by atoms with Gasteiger partial charge in [0.1, 0.15) is 5.76 Å². The molecule has 0 aliphatic carbocycles. The minimum absolute atomic E-state index is 0.000963. The first-order valence-electron chi connectivity index (χ1n) is 10.4. The molecule has 3 heterocycles. The number of hydrogen-bond acceptors (Lipinski definition) is 9. The maximum Gasteiger partial charge on any atom is 0.359 e. The molecule has 0 N–H and O–H groups in total. The first-order chi connectivity index (χ1) is 15.6. The normalized spacial score (nSPS) is 15.8. The standard InChI is InChI=1S/C21H25N5O6S/c1-13-5-6-16(14(2)11-13)33(29,30)25-9-7-24(8-10-25)12-26-20(27)18-17(15(3)32-23-18)19(22-26)21(28)31-4/h5-6,11H,7-10,12H2,1-4H3. The topological polar surface area (TPSA) is 128 Å². The molecule has 4 rings (SSSR count). The minimum atomic E-state index is -3.62. The number of piperazine rings is 1. The average molecular weight is 476 g/mol. The fourth-order valence-electron chi connectivity index (χ4n) is 4.00. The first-order valence-corrected chi connectivity index (χ1v) is 11.8. The van der Waals surface area contributed by atoms with Crippen molar-refractivity contribution in [3.8, 4) is 0 Å². The van der Waals surface area contributed by atoms with E-state index in [2.05, 4.69) is 10.3 Å².